The highest BCUT2D eigenvalue weighted by atomic mass is 16.5. The summed E-state index contributed by atoms with van der Waals surface area (Å²) in [4.78, 5) is 0. The molecule has 0 rings (SSSR count). The Labute approximate surface area is 69.3 Å². The molecule has 0 aromatic rings. The van der Waals surface area contributed by atoms with Gasteiger partial charge in [-0.1, -0.05) is 6.92 Å². The third kappa shape index (κ3) is 25.8. The summed E-state index contributed by atoms with van der Waals surface area (Å²) < 4.78 is 9.24. The van der Waals surface area contributed by atoms with Crippen LogP contribution in [0.1, 0.15) is 20.3 Å². The second-order valence-electron chi connectivity index (χ2n) is 2.30. The number of hydrogen-bond acceptors (Lipinski definition) is 3. The summed E-state index contributed by atoms with van der Waals surface area (Å²) in [5.74, 6) is 0. The minimum absolute atomic E-state index is 0.324. The van der Waals surface area contributed by atoms with Crippen LogP contribution in [0.3, 0.4) is 0 Å². The molecule has 0 aliphatic heterocycles. The zero-order valence-electron chi connectivity index (χ0n) is 7.96. The molecular weight excluding hydrogens is 144 g/mol. The summed E-state index contributed by atoms with van der Waals surface area (Å²) in [5.41, 5.74) is 0. The first kappa shape index (κ1) is 13.5. The van der Waals surface area contributed by atoms with E-state index in [1.165, 1.54) is 0 Å². The summed E-state index contributed by atoms with van der Waals surface area (Å²) in [7, 11) is 3.27. The molecule has 0 aliphatic carbocycles. The predicted molar refractivity (Wildman–Crippen MR) is 45.7 cm³/mol. The van der Waals surface area contributed by atoms with Gasteiger partial charge in [-0.25, -0.2) is 0 Å². The van der Waals surface area contributed by atoms with Gasteiger partial charge in [0.05, 0.1) is 12.7 Å². The van der Waals surface area contributed by atoms with Gasteiger partial charge in [0, 0.05) is 20.8 Å². The molecule has 0 radical (unpaired) electrons. The third-order valence-electron chi connectivity index (χ3n) is 0.816. The first-order valence-electron chi connectivity index (χ1n) is 3.84. The SMILES string of the molecule is CCCOC.COCC(C)O. The molecule has 0 amide bonds. The molecule has 0 saturated carbocycles. The lowest BCUT2D eigenvalue weighted by Crippen LogP contribution is -2.07. The average molecular weight is 164 g/mol. The van der Waals surface area contributed by atoms with Crippen LogP contribution in [0.2, 0.25) is 0 Å². The first-order chi connectivity index (χ1) is 5.18. The van der Waals surface area contributed by atoms with Crippen molar-refractivity contribution in [1.82, 2.24) is 0 Å². The lowest BCUT2D eigenvalue weighted by atomic mass is 10.5. The van der Waals surface area contributed by atoms with Gasteiger partial charge in [0.15, 0.2) is 0 Å². The molecule has 0 aromatic carbocycles. The van der Waals surface area contributed by atoms with Gasteiger partial charge in [-0.15, -0.1) is 0 Å². The molecule has 70 valence electrons. The summed E-state index contributed by atoms with van der Waals surface area (Å²) in [6.45, 7) is 5.09. The van der Waals surface area contributed by atoms with Crippen molar-refractivity contribution in [3.63, 3.8) is 0 Å². The zero-order valence-corrected chi connectivity index (χ0v) is 7.96. The molecule has 0 fully saturated rings. The van der Waals surface area contributed by atoms with Crippen LogP contribution in [0, 0.1) is 0 Å². The molecule has 1 N–H and O–H groups in total. The largest absolute Gasteiger partial charge is 0.391 e. The van der Waals surface area contributed by atoms with Crippen LogP contribution in [-0.2, 0) is 9.47 Å². The molecule has 0 aliphatic rings. The lowest BCUT2D eigenvalue weighted by Gasteiger charge is -1.97. The second-order valence-corrected chi connectivity index (χ2v) is 2.30. The fourth-order valence-electron chi connectivity index (χ4n) is 0.445. The Bertz CT molecular complexity index is 53.3. The molecule has 3 heteroatoms. The van der Waals surface area contributed by atoms with E-state index in [0.717, 1.165) is 13.0 Å². The third-order valence-corrected chi connectivity index (χ3v) is 0.816. The number of hydrogen-bond donors (Lipinski definition) is 1. The van der Waals surface area contributed by atoms with Crippen LogP contribution < -0.4 is 0 Å². The van der Waals surface area contributed by atoms with Gasteiger partial charge in [0.1, 0.15) is 0 Å². The summed E-state index contributed by atoms with van der Waals surface area (Å²) >= 11 is 0. The summed E-state index contributed by atoms with van der Waals surface area (Å²) in [6, 6.07) is 0. The Morgan fingerprint density at radius 1 is 1.27 bits per heavy atom. The van der Waals surface area contributed by atoms with E-state index < -0.39 is 0 Å². The van der Waals surface area contributed by atoms with Gasteiger partial charge in [-0.3, -0.25) is 0 Å². The molecule has 11 heavy (non-hydrogen) atoms. The number of ether oxygens (including phenoxy) is 2. The molecule has 1 unspecified atom stereocenters. The molecule has 0 heterocycles. The maximum Gasteiger partial charge on any atom is 0.0745 e. The zero-order chi connectivity index (χ0) is 9.11. The average Bonchev–Trinajstić information content (AvgIpc) is 1.90. The number of methoxy groups -OCH3 is 2. The van der Waals surface area contributed by atoms with Crippen LogP contribution >= 0.6 is 0 Å². The van der Waals surface area contributed by atoms with Crippen LogP contribution in [0.25, 0.3) is 0 Å². The monoisotopic (exact) mass is 164 g/mol. The van der Waals surface area contributed by atoms with E-state index in [4.69, 9.17) is 9.84 Å². The van der Waals surface area contributed by atoms with Crippen LogP contribution in [0.5, 0.6) is 0 Å². The highest BCUT2D eigenvalue weighted by Gasteiger charge is 1.87. The van der Waals surface area contributed by atoms with Crippen molar-refractivity contribution in [2.45, 2.75) is 26.4 Å². The molecule has 3 nitrogen and oxygen atoms in total. The van der Waals surface area contributed by atoms with E-state index in [1.807, 2.05) is 0 Å². The highest BCUT2D eigenvalue weighted by Crippen LogP contribution is 1.75. The maximum absolute atomic E-state index is 8.43. The fourth-order valence-corrected chi connectivity index (χ4v) is 0.445. The quantitative estimate of drug-likeness (QED) is 0.675. The van der Waals surface area contributed by atoms with E-state index >= 15 is 0 Å². The fraction of sp³-hybridized carbons (Fsp3) is 1.00. The smallest absolute Gasteiger partial charge is 0.0745 e. The van der Waals surface area contributed by atoms with Crippen molar-refractivity contribution in [3.8, 4) is 0 Å². The van der Waals surface area contributed by atoms with Crippen molar-refractivity contribution in [3.05, 3.63) is 0 Å². The van der Waals surface area contributed by atoms with E-state index in [1.54, 1.807) is 21.1 Å². The Kier molecular flexibility index (Phi) is 15.4. The van der Waals surface area contributed by atoms with E-state index in [9.17, 15) is 0 Å². The van der Waals surface area contributed by atoms with Gasteiger partial charge >= 0.3 is 0 Å². The van der Waals surface area contributed by atoms with Gasteiger partial charge < -0.3 is 14.6 Å². The minimum atomic E-state index is -0.324. The molecule has 0 spiro atoms. The number of aliphatic hydroxyl groups excluding tert-OH is 1. The Hall–Kier alpha value is -0.120. The number of aliphatic hydroxyl groups is 1. The summed E-state index contributed by atoms with van der Waals surface area (Å²) in [5, 5.41) is 8.43. The Morgan fingerprint density at radius 3 is 1.82 bits per heavy atom. The Morgan fingerprint density at radius 2 is 1.82 bits per heavy atom. The maximum atomic E-state index is 8.43. The molecule has 0 saturated heterocycles. The highest BCUT2D eigenvalue weighted by molar-refractivity contribution is 4.36. The van der Waals surface area contributed by atoms with E-state index in [2.05, 4.69) is 11.7 Å². The van der Waals surface area contributed by atoms with Crippen LogP contribution in [-0.4, -0.2) is 38.6 Å². The van der Waals surface area contributed by atoms with Crippen molar-refractivity contribution in [2.24, 2.45) is 0 Å². The van der Waals surface area contributed by atoms with Gasteiger partial charge in [0.2, 0.25) is 0 Å². The minimum Gasteiger partial charge on any atom is -0.391 e. The topological polar surface area (TPSA) is 38.7 Å². The standard InChI is InChI=1S/C4H10O2.C4H10O/c1-4(5)3-6-2;1-3-4-5-2/h4-5H,3H2,1-2H3;3-4H2,1-2H3. The van der Waals surface area contributed by atoms with Crippen LogP contribution in [0.15, 0.2) is 0 Å². The predicted octanol–water partition coefficient (Wildman–Crippen LogP) is 1.06. The van der Waals surface area contributed by atoms with Gasteiger partial charge in [-0.05, 0) is 13.3 Å². The van der Waals surface area contributed by atoms with Crippen molar-refractivity contribution >= 4 is 0 Å². The lowest BCUT2D eigenvalue weighted by molar-refractivity contribution is 0.0765. The van der Waals surface area contributed by atoms with E-state index in [0.29, 0.717) is 6.61 Å². The number of rotatable bonds is 4. The normalized spacial score (nSPS) is 11.7. The summed E-state index contributed by atoms with van der Waals surface area (Å²) in [6.07, 6.45) is 0.797. The molecule has 1 atom stereocenters. The molecule has 0 bridgehead atoms. The Balaban J connectivity index is 0. The van der Waals surface area contributed by atoms with Crippen molar-refractivity contribution in [2.75, 3.05) is 27.4 Å². The molecule has 0 aromatic heterocycles. The van der Waals surface area contributed by atoms with E-state index in [-0.39, 0.29) is 6.10 Å². The second kappa shape index (κ2) is 12.5. The van der Waals surface area contributed by atoms with Crippen molar-refractivity contribution < 1.29 is 14.6 Å². The van der Waals surface area contributed by atoms with Crippen LogP contribution in [0.4, 0.5) is 0 Å². The van der Waals surface area contributed by atoms with Crippen molar-refractivity contribution in [1.29, 1.82) is 0 Å². The molecular formula is C8H20O3. The first-order valence-corrected chi connectivity index (χ1v) is 3.84. The van der Waals surface area contributed by atoms with Gasteiger partial charge in [-0.2, -0.15) is 0 Å². The van der Waals surface area contributed by atoms with Gasteiger partial charge in [0.25, 0.3) is 0 Å².